The fourth-order valence-electron chi connectivity index (χ4n) is 4.12. The van der Waals surface area contributed by atoms with Crippen LogP contribution in [0.5, 0.6) is 0 Å². The van der Waals surface area contributed by atoms with Crippen LogP contribution in [0, 0.1) is 19.8 Å². The Labute approximate surface area is 209 Å². The molecule has 1 aliphatic heterocycles. The van der Waals surface area contributed by atoms with Crippen molar-refractivity contribution >= 4 is 21.8 Å². The summed E-state index contributed by atoms with van der Waals surface area (Å²) < 4.78 is 40.2. The van der Waals surface area contributed by atoms with Crippen molar-refractivity contribution in [3.8, 4) is 0 Å². The van der Waals surface area contributed by atoms with Crippen LogP contribution in [-0.2, 0) is 32.5 Å². The van der Waals surface area contributed by atoms with Crippen LogP contribution in [0.2, 0.25) is 0 Å². The number of aryl methyl sites for hydroxylation is 3. The minimum Gasteiger partial charge on any atom is -0.438 e. The third-order valence-electron chi connectivity index (χ3n) is 6.01. The Morgan fingerprint density at radius 2 is 2.03 bits per heavy atom. The molecule has 2 atom stereocenters. The van der Waals surface area contributed by atoms with Gasteiger partial charge in [0.1, 0.15) is 0 Å². The van der Waals surface area contributed by atoms with E-state index in [1.54, 1.807) is 23.3 Å². The fraction of sp³-hybridized carbons (Fsp3) is 0.417. The summed E-state index contributed by atoms with van der Waals surface area (Å²) in [4.78, 5) is 29.6. The summed E-state index contributed by atoms with van der Waals surface area (Å²) >= 11 is 0. The van der Waals surface area contributed by atoms with Gasteiger partial charge in [0, 0.05) is 49.8 Å². The van der Waals surface area contributed by atoms with E-state index in [0.29, 0.717) is 38.1 Å². The Kier molecular flexibility index (Phi) is 7.55. The van der Waals surface area contributed by atoms with Gasteiger partial charge in [-0.25, -0.2) is 4.72 Å². The van der Waals surface area contributed by atoms with Crippen LogP contribution in [-0.4, -0.2) is 48.1 Å². The highest BCUT2D eigenvalue weighted by Crippen LogP contribution is 2.34. The van der Waals surface area contributed by atoms with Gasteiger partial charge in [0.05, 0.1) is 18.2 Å². The number of nitrogens with one attached hydrogen (secondary N) is 2. The molecule has 36 heavy (non-hydrogen) atoms. The van der Waals surface area contributed by atoms with E-state index in [1.165, 1.54) is 6.07 Å². The topological polar surface area (TPSA) is 145 Å². The average molecular weight is 516 g/mol. The van der Waals surface area contributed by atoms with Crippen molar-refractivity contribution in [1.29, 1.82) is 0 Å². The number of carbonyl (C=O) groups excluding carboxylic acids is 2. The monoisotopic (exact) mass is 515 g/mol. The minimum absolute atomic E-state index is 0.175. The number of pyridine rings is 1. The summed E-state index contributed by atoms with van der Waals surface area (Å²) in [6, 6.07) is 4.41. The Bertz CT molecular complexity index is 1360. The molecule has 0 spiro atoms. The average Bonchev–Trinajstić information content (AvgIpc) is 3.60. The zero-order valence-electron chi connectivity index (χ0n) is 20.4. The van der Waals surface area contributed by atoms with E-state index in [2.05, 4.69) is 20.1 Å². The van der Waals surface area contributed by atoms with Gasteiger partial charge in [-0.1, -0.05) is 6.07 Å². The number of furan rings is 1. The summed E-state index contributed by atoms with van der Waals surface area (Å²) in [5.74, 6) is -2.15. The van der Waals surface area contributed by atoms with Gasteiger partial charge in [0.2, 0.25) is 11.0 Å². The number of sulfonamides is 1. The molecule has 0 aromatic carbocycles. The van der Waals surface area contributed by atoms with Crippen LogP contribution in [0.3, 0.4) is 0 Å². The van der Waals surface area contributed by atoms with Crippen LogP contribution < -0.4 is 10.0 Å². The van der Waals surface area contributed by atoms with Crippen molar-refractivity contribution in [3.05, 3.63) is 64.9 Å². The Balaban J connectivity index is 1.36. The highest BCUT2D eigenvalue weighted by molar-refractivity contribution is 7.89. The Morgan fingerprint density at radius 3 is 2.75 bits per heavy atom. The maximum absolute atomic E-state index is 12.8. The van der Waals surface area contributed by atoms with Gasteiger partial charge in [-0.3, -0.25) is 19.3 Å². The molecule has 3 aromatic rings. The van der Waals surface area contributed by atoms with E-state index in [9.17, 15) is 18.0 Å². The van der Waals surface area contributed by atoms with Crippen molar-refractivity contribution < 1.29 is 27.2 Å². The van der Waals surface area contributed by atoms with Gasteiger partial charge in [-0.05, 0) is 50.5 Å². The number of hydrogen-bond donors (Lipinski definition) is 2. The SMILES string of the molecule is CCn1cc([C@@H]2OCC[C@H]2C(=O)NS(=O)(=O)c2ccc(C(=O)NCCc3ncc(C)cc3C)o2)cn1. The second-order valence-electron chi connectivity index (χ2n) is 8.69. The molecule has 1 aliphatic rings. The van der Waals surface area contributed by atoms with Gasteiger partial charge < -0.3 is 14.5 Å². The van der Waals surface area contributed by atoms with E-state index < -0.39 is 39.0 Å². The molecule has 192 valence electrons. The second kappa shape index (κ2) is 10.6. The lowest BCUT2D eigenvalue weighted by atomic mass is 9.97. The first-order chi connectivity index (χ1) is 17.2. The molecule has 0 bridgehead atoms. The maximum Gasteiger partial charge on any atom is 0.297 e. The van der Waals surface area contributed by atoms with Gasteiger partial charge in [-0.15, -0.1) is 0 Å². The molecule has 2 amide bonds. The highest BCUT2D eigenvalue weighted by atomic mass is 32.2. The number of nitrogens with zero attached hydrogens (tertiary/aromatic N) is 3. The number of ether oxygens (including phenoxy) is 1. The molecule has 12 heteroatoms. The Hall–Kier alpha value is -3.51. The van der Waals surface area contributed by atoms with Crippen LogP contribution in [0.4, 0.5) is 0 Å². The molecular formula is C24H29N5O6S. The van der Waals surface area contributed by atoms with E-state index in [0.717, 1.165) is 22.9 Å². The summed E-state index contributed by atoms with van der Waals surface area (Å²) in [6.07, 6.45) is 5.44. The quantitative estimate of drug-likeness (QED) is 0.440. The molecule has 4 rings (SSSR count). The first kappa shape index (κ1) is 25.6. The van der Waals surface area contributed by atoms with Gasteiger partial charge in [0.15, 0.2) is 5.76 Å². The van der Waals surface area contributed by atoms with E-state index >= 15 is 0 Å². The zero-order chi connectivity index (χ0) is 25.9. The van der Waals surface area contributed by atoms with Crippen LogP contribution in [0.15, 0.2) is 46.3 Å². The predicted molar refractivity (Wildman–Crippen MR) is 128 cm³/mol. The van der Waals surface area contributed by atoms with Crippen LogP contribution >= 0.6 is 0 Å². The third kappa shape index (κ3) is 5.65. The van der Waals surface area contributed by atoms with Gasteiger partial charge >= 0.3 is 0 Å². The first-order valence-electron chi connectivity index (χ1n) is 11.7. The predicted octanol–water partition coefficient (Wildman–Crippen LogP) is 2.06. The van der Waals surface area contributed by atoms with Crippen molar-refractivity contribution in [2.24, 2.45) is 5.92 Å². The van der Waals surface area contributed by atoms with Gasteiger partial charge in [-0.2, -0.15) is 13.5 Å². The number of amides is 2. The molecule has 0 unspecified atom stereocenters. The van der Waals surface area contributed by atoms with Crippen molar-refractivity contribution in [2.45, 2.75) is 51.4 Å². The standard InChI is InChI=1S/C24H29N5O6S/c1-4-29-14-17(13-27-29)22-18(8-10-34-22)23(30)28-36(32,33)21-6-5-20(35-21)24(31)25-9-7-19-16(3)11-15(2)12-26-19/h5-6,11-14,18,22H,4,7-10H2,1-3H3,(H,25,31)(H,28,30)/t18-,22+/m1/s1. The molecule has 0 radical (unpaired) electrons. The fourth-order valence-corrected chi connectivity index (χ4v) is 5.08. The van der Waals surface area contributed by atoms with E-state index in [-0.39, 0.29) is 5.76 Å². The number of aromatic nitrogens is 3. The first-order valence-corrected chi connectivity index (χ1v) is 13.2. The smallest absolute Gasteiger partial charge is 0.297 e. The number of carbonyl (C=O) groups is 2. The van der Waals surface area contributed by atoms with Crippen LogP contribution in [0.1, 0.15) is 52.4 Å². The molecule has 0 aliphatic carbocycles. The Morgan fingerprint density at radius 1 is 1.22 bits per heavy atom. The lowest BCUT2D eigenvalue weighted by molar-refractivity contribution is -0.124. The molecule has 4 heterocycles. The van der Waals surface area contributed by atoms with Gasteiger partial charge in [0.25, 0.3) is 15.9 Å². The molecular weight excluding hydrogens is 486 g/mol. The van der Waals surface area contributed by atoms with Crippen LogP contribution in [0.25, 0.3) is 0 Å². The third-order valence-corrected chi connectivity index (χ3v) is 7.23. The summed E-state index contributed by atoms with van der Waals surface area (Å²) in [7, 11) is -4.32. The molecule has 2 N–H and O–H groups in total. The molecule has 3 aromatic heterocycles. The maximum atomic E-state index is 12.8. The molecule has 1 saturated heterocycles. The molecule has 1 fully saturated rings. The summed E-state index contributed by atoms with van der Waals surface area (Å²) in [5, 5.41) is 6.36. The number of hydrogen-bond acceptors (Lipinski definition) is 8. The number of rotatable bonds is 9. The molecule has 11 nitrogen and oxygen atoms in total. The van der Waals surface area contributed by atoms with E-state index in [1.807, 2.05) is 26.8 Å². The van der Waals surface area contributed by atoms with Crippen molar-refractivity contribution in [1.82, 2.24) is 24.8 Å². The largest absolute Gasteiger partial charge is 0.438 e. The second-order valence-corrected chi connectivity index (χ2v) is 10.3. The lowest BCUT2D eigenvalue weighted by Crippen LogP contribution is -2.36. The minimum atomic E-state index is -4.32. The summed E-state index contributed by atoms with van der Waals surface area (Å²) in [6.45, 7) is 7.12. The van der Waals surface area contributed by atoms with Crippen molar-refractivity contribution in [3.63, 3.8) is 0 Å². The normalized spacial score (nSPS) is 17.8. The van der Waals surface area contributed by atoms with Crippen molar-refractivity contribution in [2.75, 3.05) is 13.2 Å². The summed E-state index contributed by atoms with van der Waals surface area (Å²) in [5.41, 5.74) is 3.66. The lowest BCUT2D eigenvalue weighted by Gasteiger charge is -2.16. The zero-order valence-corrected chi connectivity index (χ0v) is 21.2. The molecule has 0 saturated carbocycles. The highest BCUT2D eigenvalue weighted by Gasteiger charge is 2.38. The van der Waals surface area contributed by atoms with E-state index in [4.69, 9.17) is 9.15 Å².